The van der Waals surface area contributed by atoms with Gasteiger partial charge < -0.3 is 0 Å². The van der Waals surface area contributed by atoms with Gasteiger partial charge in [0.1, 0.15) is 6.54 Å². The van der Waals surface area contributed by atoms with E-state index < -0.39 is 0 Å². The molecule has 0 bridgehead atoms. The molecule has 16 heavy (non-hydrogen) atoms. The zero-order valence-electron chi connectivity index (χ0n) is 9.31. The van der Waals surface area contributed by atoms with Crippen LogP contribution in [0.25, 0.3) is 0 Å². The van der Waals surface area contributed by atoms with E-state index in [0.29, 0.717) is 0 Å². The van der Waals surface area contributed by atoms with Crippen molar-refractivity contribution in [3.63, 3.8) is 0 Å². The van der Waals surface area contributed by atoms with Gasteiger partial charge in [-0.05, 0) is 24.1 Å². The smallest absolute Gasteiger partial charge is 0.233 e. The van der Waals surface area contributed by atoms with Crippen molar-refractivity contribution in [2.45, 2.75) is 26.4 Å². The maximum absolute atomic E-state index is 4.29. The van der Waals surface area contributed by atoms with Crippen LogP contribution < -0.4 is 4.57 Å². The van der Waals surface area contributed by atoms with Gasteiger partial charge in [-0.1, -0.05) is 35.0 Å². The van der Waals surface area contributed by atoms with Crippen molar-refractivity contribution in [1.82, 2.24) is 9.78 Å². The number of nitrogens with zero attached hydrogens (tertiary/aromatic N) is 3. The normalized spacial score (nSPS) is 10.6. The minimum absolute atomic E-state index is 0.872. The van der Waals surface area contributed by atoms with Crippen LogP contribution >= 0.6 is 15.9 Å². The van der Waals surface area contributed by atoms with Gasteiger partial charge in [-0.3, -0.25) is 0 Å². The predicted molar refractivity (Wildman–Crippen MR) is 66.0 cm³/mol. The van der Waals surface area contributed by atoms with Crippen LogP contribution in [0.2, 0.25) is 0 Å². The number of hydrogen-bond donors (Lipinski definition) is 0. The number of benzene rings is 1. The minimum Gasteiger partial charge on any atom is -0.233 e. The number of rotatable bonds is 4. The number of aryl methyl sites for hydroxylation is 1. The largest absolute Gasteiger partial charge is 0.265 e. The zero-order chi connectivity index (χ0) is 11.4. The Kier molecular flexibility index (Phi) is 3.72. The maximum Gasteiger partial charge on any atom is 0.265 e. The van der Waals surface area contributed by atoms with Crippen LogP contribution in [0.1, 0.15) is 18.9 Å². The van der Waals surface area contributed by atoms with Crippen molar-refractivity contribution in [3.05, 3.63) is 47.0 Å². The Morgan fingerprint density at radius 3 is 2.75 bits per heavy atom. The first-order valence-electron chi connectivity index (χ1n) is 5.44. The molecule has 0 radical (unpaired) electrons. The van der Waals surface area contributed by atoms with Crippen LogP contribution in [0, 0.1) is 0 Å². The Morgan fingerprint density at radius 2 is 2.06 bits per heavy atom. The Bertz CT molecular complexity index is 448. The topological polar surface area (TPSA) is 21.7 Å². The third kappa shape index (κ3) is 2.92. The summed E-state index contributed by atoms with van der Waals surface area (Å²) in [5, 5.41) is 4.29. The Morgan fingerprint density at radius 1 is 1.31 bits per heavy atom. The standard InChI is InChI=1S/C12H15BrN3/c1-2-7-16-10-15(9-14-16)8-11-3-5-12(13)6-4-11/h3-6,9-10H,2,7-8H2,1H3/q+1. The molecule has 0 N–H and O–H groups in total. The fourth-order valence-electron chi connectivity index (χ4n) is 1.59. The van der Waals surface area contributed by atoms with Crippen molar-refractivity contribution in [2.75, 3.05) is 0 Å². The monoisotopic (exact) mass is 280 g/mol. The second kappa shape index (κ2) is 5.25. The average Bonchev–Trinajstić information content (AvgIpc) is 2.70. The third-order valence-electron chi connectivity index (χ3n) is 2.36. The molecule has 0 fully saturated rings. The Balaban J connectivity index is 2.05. The highest BCUT2D eigenvalue weighted by Gasteiger charge is 2.04. The van der Waals surface area contributed by atoms with Gasteiger partial charge >= 0.3 is 0 Å². The lowest BCUT2D eigenvalue weighted by Crippen LogP contribution is -2.31. The van der Waals surface area contributed by atoms with Gasteiger partial charge in [0.15, 0.2) is 0 Å². The molecule has 1 aromatic carbocycles. The van der Waals surface area contributed by atoms with Gasteiger partial charge in [-0.25, -0.2) is 4.57 Å². The molecule has 0 aliphatic heterocycles. The van der Waals surface area contributed by atoms with Crippen LogP contribution in [-0.4, -0.2) is 9.78 Å². The van der Waals surface area contributed by atoms with E-state index in [1.165, 1.54) is 5.56 Å². The molecule has 0 atom stereocenters. The molecule has 0 spiro atoms. The van der Waals surface area contributed by atoms with E-state index in [4.69, 9.17) is 0 Å². The van der Waals surface area contributed by atoms with Gasteiger partial charge in [0.2, 0.25) is 6.33 Å². The first kappa shape index (κ1) is 11.3. The highest BCUT2D eigenvalue weighted by Crippen LogP contribution is 2.09. The molecule has 2 aromatic rings. The lowest BCUT2D eigenvalue weighted by molar-refractivity contribution is -0.689. The maximum atomic E-state index is 4.29. The highest BCUT2D eigenvalue weighted by atomic mass is 79.9. The summed E-state index contributed by atoms with van der Waals surface area (Å²) in [6.45, 7) is 4.01. The van der Waals surface area contributed by atoms with E-state index in [0.717, 1.165) is 24.0 Å². The summed E-state index contributed by atoms with van der Waals surface area (Å²) in [6, 6.07) is 8.36. The molecule has 1 heterocycles. The molecule has 0 aliphatic carbocycles. The number of aromatic nitrogens is 3. The third-order valence-corrected chi connectivity index (χ3v) is 2.89. The van der Waals surface area contributed by atoms with Gasteiger partial charge in [-0.15, -0.1) is 4.68 Å². The van der Waals surface area contributed by atoms with E-state index in [-0.39, 0.29) is 0 Å². The summed E-state index contributed by atoms with van der Waals surface area (Å²) in [4.78, 5) is 0. The van der Waals surface area contributed by atoms with Crippen molar-refractivity contribution in [3.8, 4) is 0 Å². The molecule has 0 saturated heterocycles. The van der Waals surface area contributed by atoms with E-state index in [9.17, 15) is 0 Å². The summed E-state index contributed by atoms with van der Waals surface area (Å²) in [5.74, 6) is 0. The second-order valence-electron chi connectivity index (χ2n) is 3.81. The van der Waals surface area contributed by atoms with Gasteiger partial charge in [0, 0.05) is 9.57 Å². The average molecular weight is 281 g/mol. The molecule has 3 nitrogen and oxygen atoms in total. The molecule has 0 unspecified atom stereocenters. The van der Waals surface area contributed by atoms with Crippen LogP contribution in [-0.2, 0) is 13.1 Å². The van der Waals surface area contributed by atoms with Crippen molar-refractivity contribution in [2.24, 2.45) is 0 Å². The van der Waals surface area contributed by atoms with Crippen molar-refractivity contribution < 1.29 is 4.57 Å². The molecule has 4 heteroatoms. The van der Waals surface area contributed by atoms with E-state index in [2.05, 4.69) is 56.8 Å². The molecule has 0 aliphatic rings. The van der Waals surface area contributed by atoms with Gasteiger partial charge in [-0.2, -0.15) is 0 Å². The molecule has 0 amide bonds. The Labute approximate surface area is 104 Å². The van der Waals surface area contributed by atoms with E-state index in [1.54, 1.807) is 0 Å². The van der Waals surface area contributed by atoms with Crippen LogP contribution in [0.4, 0.5) is 0 Å². The lowest BCUT2D eigenvalue weighted by Gasteiger charge is -1.97. The number of hydrogen-bond acceptors (Lipinski definition) is 1. The molecular weight excluding hydrogens is 266 g/mol. The molecule has 2 rings (SSSR count). The number of halogens is 1. The highest BCUT2D eigenvalue weighted by molar-refractivity contribution is 9.10. The summed E-state index contributed by atoms with van der Waals surface area (Å²) in [5.41, 5.74) is 1.28. The second-order valence-corrected chi connectivity index (χ2v) is 4.72. The van der Waals surface area contributed by atoms with E-state index in [1.807, 2.05) is 17.3 Å². The minimum atomic E-state index is 0.872. The SMILES string of the molecule is CCCn1c[n+](Cc2ccc(Br)cc2)cn1. The Hall–Kier alpha value is -1.16. The van der Waals surface area contributed by atoms with Crippen LogP contribution in [0.15, 0.2) is 41.4 Å². The van der Waals surface area contributed by atoms with Gasteiger partial charge in [0.05, 0.1) is 6.54 Å². The first-order chi connectivity index (χ1) is 7.78. The van der Waals surface area contributed by atoms with Crippen LogP contribution in [0.3, 0.4) is 0 Å². The molecule has 0 saturated carbocycles. The predicted octanol–water partition coefficient (Wildman–Crippen LogP) is 2.39. The van der Waals surface area contributed by atoms with Gasteiger partial charge in [0.25, 0.3) is 6.33 Å². The summed E-state index contributed by atoms with van der Waals surface area (Å²) in [6.07, 6.45) is 5.03. The lowest BCUT2D eigenvalue weighted by atomic mass is 10.2. The summed E-state index contributed by atoms with van der Waals surface area (Å²) >= 11 is 3.43. The summed E-state index contributed by atoms with van der Waals surface area (Å²) in [7, 11) is 0. The fraction of sp³-hybridized carbons (Fsp3) is 0.333. The summed E-state index contributed by atoms with van der Waals surface area (Å²) < 4.78 is 5.18. The van der Waals surface area contributed by atoms with Crippen molar-refractivity contribution >= 4 is 15.9 Å². The molecular formula is C12H15BrN3+. The quantitative estimate of drug-likeness (QED) is 0.789. The van der Waals surface area contributed by atoms with E-state index >= 15 is 0 Å². The molecule has 84 valence electrons. The first-order valence-corrected chi connectivity index (χ1v) is 6.23. The zero-order valence-corrected chi connectivity index (χ0v) is 10.9. The fourth-order valence-corrected chi connectivity index (χ4v) is 1.85. The van der Waals surface area contributed by atoms with Crippen LogP contribution in [0.5, 0.6) is 0 Å². The van der Waals surface area contributed by atoms with Crippen molar-refractivity contribution in [1.29, 1.82) is 0 Å². The molecule has 1 aromatic heterocycles.